The summed E-state index contributed by atoms with van der Waals surface area (Å²) in [6.07, 6.45) is -1.77. The van der Waals surface area contributed by atoms with Gasteiger partial charge < -0.3 is 14.2 Å². The highest BCUT2D eigenvalue weighted by atomic mass is 19.4. The van der Waals surface area contributed by atoms with Gasteiger partial charge in [0.25, 0.3) is 5.91 Å². The molecule has 0 radical (unpaired) electrons. The quantitative estimate of drug-likeness (QED) is 0.313. The van der Waals surface area contributed by atoms with Gasteiger partial charge in [0.05, 0.1) is 18.4 Å². The Balaban J connectivity index is 1.82. The summed E-state index contributed by atoms with van der Waals surface area (Å²) in [6.45, 7) is 3.32. The highest BCUT2D eigenvalue weighted by molar-refractivity contribution is 5.96. The topological polar surface area (TPSA) is 53.8 Å². The third-order valence-corrected chi connectivity index (χ3v) is 4.97. The molecular weight excluding hydrogens is 452 g/mol. The summed E-state index contributed by atoms with van der Waals surface area (Å²) in [7, 11) is 0. The van der Waals surface area contributed by atoms with Gasteiger partial charge in [0.15, 0.2) is 0 Å². The summed E-state index contributed by atoms with van der Waals surface area (Å²) >= 11 is 0. The molecule has 2 amide bonds. The van der Waals surface area contributed by atoms with E-state index in [2.05, 4.69) is 6.58 Å². The maximum atomic E-state index is 13.3. The molecule has 1 heterocycles. The zero-order chi connectivity index (χ0) is 24.7. The molecule has 0 saturated carbocycles. The van der Waals surface area contributed by atoms with Gasteiger partial charge in [-0.05, 0) is 48.0 Å². The number of amides is 2. The molecule has 0 bridgehead atoms. The second-order valence-corrected chi connectivity index (χ2v) is 7.51. The van der Waals surface area contributed by atoms with Gasteiger partial charge in [0, 0.05) is 18.7 Å². The molecule has 34 heavy (non-hydrogen) atoms. The molecule has 0 fully saturated rings. The second kappa shape index (κ2) is 10.8. The van der Waals surface area contributed by atoms with Crippen LogP contribution in [0.15, 0.2) is 84.0 Å². The van der Waals surface area contributed by atoms with Crippen molar-refractivity contribution in [1.82, 2.24) is 9.80 Å². The van der Waals surface area contributed by atoms with Crippen molar-refractivity contribution in [2.45, 2.75) is 19.3 Å². The molecule has 0 spiro atoms. The lowest BCUT2D eigenvalue weighted by Crippen LogP contribution is -2.42. The Morgan fingerprint density at radius 2 is 1.71 bits per heavy atom. The van der Waals surface area contributed by atoms with E-state index < -0.39 is 35.9 Å². The Labute approximate surface area is 193 Å². The fraction of sp³-hybridized carbons (Fsp3) is 0.200. The zero-order valence-corrected chi connectivity index (χ0v) is 18.1. The Kier molecular flexibility index (Phi) is 7.88. The Bertz CT molecular complexity index is 1130. The van der Waals surface area contributed by atoms with E-state index in [1.54, 1.807) is 12.1 Å². The molecule has 3 rings (SSSR count). The first-order valence-electron chi connectivity index (χ1n) is 10.3. The van der Waals surface area contributed by atoms with E-state index in [-0.39, 0.29) is 25.2 Å². The van der Waals surface area contributed by atoms with E-state index in [9.17, 15) is 27.2 Å². The summed E-state index contributed by atoms with van der Waals surface area (Å²) in [5, 5.41) is 0. The summed E-state index contributed by atoms with van der Waals surface area (Å²) in [4.78, 5) is 28.7. The fourth-order valence-electron chi connectivity index (χ4n) is 3.28. The zero-order valence-electron chi connectivity index (χ0n) is 18.1. The Morgan fingerprint density at radius 1 is 0.971 bits per heavy atom. The average molecular weight is 474 g/mol. The van der Waals surface area contributed by atoms with Crippen molar-refractivity contribution in [3.05, 3.63) is 108 Å². The first kappa shape index (κ1) is 24.8. The number of rotatable bonds is 9. The van der Waals surface area contributed by atoms with E-state index in [4.69, 9.17) is 4.42 Å². The molecule has 0 saturated heterocycles. The first-order chi connectivity index (χ1) is 16.2. The molecular formula is C25H22F4N2O3. The van der Waals surface area contributed by atoms with Crippen molar-refractivity contribution in [2.75, 3.05) is 13.1 Å². The molecule has 1 aromatic heterocycles. The molecule has 5 nitrogen and oxygen atoms in total. The summed E-state index contributed by atoms with van der Waals surface area (Å²) in [5.41, 5.74) is -0.500. The fourth-order valence-corrected chi connectivity index (χ4v) is 3.28. The average Bonchev–Trinajstić information content (AvgIpc) is 3.32. The third-order valence-electron chi connectivity index (χ3n) is 4.97. The predicted molar refractivity (Wildman–Crippen MR) is 117 cm³/mol. The van der Waals surface area contributed by atoms with Crippen molar-refractivity contribution >= 4 is 11.8 Å². The maximum absolute atomic E-state index is 13.3. The van der Waals surface area contributed by atoms with Crippen molar-refractivity contribution in [1.29, 1.82) is 0 Å². The van der Waals surface area contributed by atoms with E-state index >= 15 is 0 Å². The second-order valence-electron chi connectivity index (χ2n) is 7.51. The van der Waals surface area contributed by atoms with Crippen molar-refractivity contribution in [2.24, 2.45) is 0 Å². The number of hydrogen-bond donors (Lipinski definition) is 0. The van der Waals surface area contributed by atoms with Crippen LogP contribution in [0.3, 0.4) is 0 Å². The monoisotopic (exact) mass is 474 g/mol. The van der Waals surface area contributed by atoms with Crippen LogP contribution in [0.1, 0.15) is 27.2 Å². The van der Waals surface area contributed by atoms with Gasteiger partial charge in [0.1, 0.15) is 18.1 Å². The van der Waals surface area contributed by atoms with Crippen molar-refractivity contribution in [3.63, 3.8) is 0 Å². The van der Waals surface area contributed by atoms with Crippen LogP contribution in [-0.2, 0) is 24.1 Å². The van der Waals surface area contributed by atoms with E-state index in [1.807, 2.05) is 0 Å². The molecule has 0 N–H and O–H groups in total. The standard InChI is InChI=1S/C25H22F4N2O3/c1-2-12-30(24(33)19-5-3-6-20(14-19)25(27,28)29)17-23(32)31(16-22-7-4-13-34-22)15-18-8-10-21(26)11-9-18/h2-11,13-14H,1,12,15-17H2. The lowest BCUT2D eigenvalue weighted by atomic mass is 10.1. The largest absolute Gasteiger partial charge is 0.467 e. The first-order valence-corrected chi connectivity index (χ1v) is 10.3. The molecule has 0 atom stereocenters. The Morgan fingerprint density at radius 3 is 2.32 bits per heavy atom. The molecule has 9 heteroatoms. The van der Waals surface area contributed by atoms with Crippen molar-refractivity contribution in [3.8, 4) is 0 Å². The number of hydrogen-bond acceptors (Lipinski definition) is 3. The number of nitrogens with zero attached hydrogens (tertiary/aromatic N) is 2. The number of alkyl halides is 3. The minimum absolute atomic E-state index is 0.0496. The van der Waals surface area contributed by atoms with Crippen LogP contribution in [0.25, 0.3) is 0 Å². The van der Waals surface area contributed by atoms with E-state index in [0.29, 0.717) is 11.3 Å². The number of benzene rings is 2. The van der Waals surface area contributed by atoms with Gasteiger partial charge in [-0.15, -0.1) is 6.58 Å². The maximum Gasteiger partial charge on any atom is 0.416 e. The third kappa shape index (κ3) is 6.57. The predicted octanol–water partition coefficient (Wildman–Crippen LogP) is 5.29. The number of carbonyl (C=O) groups excluding carboxylic acids is 2. The molecule has 178 valence electrons. The number of carbonyl (C=O) groups is 2. The van der Waals surface area contributed by atoms with E-state index in [0.717, 1.165) is 23.1 Å². The van der Waals surface area contributed by atoms with Gasteiger partial charge in [-0.25, -0.2) is 4.39 Å². The minimum Gasteiger partial charge on any atom is -0.467 e. The lowest BCUT2D eigenvalue weighted by molar-refractivity contribution is -0.137. The molecule has 0 aliphatic rings. The van der Waals surface area contributed by atoms with Crippen LogP contribution in [0.4, 0.5) is 17.6 Å². The van der Waals surface area contributed by atoms with Gasteiger partial charge in [0.2, 0.25) is 5.91 Å². The van der Waals surface area contributed by atoms with Gasteiger partial charge in [-0.2, -0.15) is 13.2 Å². The smallest absolute Gasteiger partial charge is 0.416 e. The van der Waals surface area contributed by atoms with Gasteiger partial charge in [-0.1, -0.05) is 24.3 Å². The summed E-state index contributed by atoms with van der Waals surface area (Å²) in [5.74, 6) is -1.13. The summed E-state index contributed by atoms with van der Waals surface area (Å²) < 4.78 is 57.8. The SMILES string of the molecule is C=CCN(CC(=O)N(Cc1ccc(F)cc1)Cc1ccco1)C(=O)c1cccc(C(F)(F)F)c1. The van der Waals surface area contributed by atoms with Gasteiger partial charge in [-0.3, -0.25) is 9.59 Å². The number of furan rings is 1. The normalized spacial score (nSPS) is 11.2. The summed E-state index contributed by atoms with van der Waals surface area (Å²) in [6, 6.07) is 13.0. The van der Waals surface area contributed by atoms with Gasteiger partial charge >= 0.3 is 6.18 Å². The molecule has 2 aromatic carbocycles. The molecule has 0 aliphatic carbocycles. The Hall–Kier alpha value is -3.88. The van der Waals surface area contributed by atoms with Crippen LogP contribution in [0.2, 0.25) is 0 Å². The minimum atomic E-state index is -4.61. The van der Waals surface area contributed by atoms with E-state index in [1.165, 1.54) is 47.6 Å². The van der Waals surface area contributed by atoms with Crippen LogP contribution < -0.4 is 0 Å². The molecule has 0 unspecified atom stereocenters. The van der Waals surface area contributed by atoms with Crippen molar-refractivity contribution < 1.29 is 31.6 Å². The van der Waals surface area contributed by atoms with Crippen LogP contribution >= 0.6 is 0 Å². The van der Waals surface area contributed by atoms with Crippen LogP contribution in [-0.4, -0.2) is 34.7 Å². The number of halogens is 4. The molecule has 0 aliphatic heterocycles. The molecule has 3 aromatic rings. The lowest BCUT2D eigenvalue weighted by Gasteiger charge is -2.27. The highest BCUT2D eigenvalue weighted by Gasteiger charge is 2.31. The van der Waals surface area contributed by atoms with Crippen LogP contribution in [0, 0.1) is 5.82 Å². The van der Waals surface area contributed by atoms with Crippen LogP contribution in [0.5, 0.6) is 0 Å². The highest BCUT2D eigenvalue weighted by Crippen LogP contribution is 2.29.